The lowest BCUT2D eigenvalue weighted by molar-refractivity contribution is -0.143. The van der Waals surface area contributed by atoms with Crippen molar-refractivity contribution in [3.63, 3.8) is 0 Å². The Morgan fingerprint density at radius 2 is 2.00 bits per heavy atom. The molecule has 0 aromatic heterocycles. The van der Waals surface area contributed by atoms with Crippen LogP contribution < -0.4 is 5.32 Å². The highest BCUT2D eigenvalue weighted by Crippen LogP contribution is 2.21. The number of nitrogens with zero attached hydrogens (tertiary/aromatic N) is 1. The van der Waals surface area contributed by atoms with Crippen molar-refractivity contribution in [1.82, 2.24) is 4.90 Å². The van der Waals surface area contributed by atoms with Crippen LogP contribution in [-0.2, 0) is 9.53 Å². The molecule has 0 bridgehead atoms. The third-order valence-electron chi connectivity index (χ3n) is 3.66. The van der Waals surface area contributed by atoms with Gasteiger partial charge in [0.05, 0.1) is 12.2 Å². The van der Waals surface area contributed by atoms with Gasteiger partial charge in [-0.05, 0) is 51.5 Å². The van der Waals surface area contributed by atoms with Gasteiger partial charge in [-0.15, -0.1) is 0 Å². The molecule has 0 aliphatic carbocycles. The number of hydrogen-bond donors (Lipinski definition) is 1. The van der Waals surface area contributed by atoms with E-state index in [9.17, 15) is 4.79 Å². The molecule has 1 aromatic rings. The van der Waals surface area contributed by atoms with E-state index >= 15 is 0 Å². The van der Waals surface area contributed by atoms with Crippen LogP contribution in [0, 0.1) is 6.92 Å². The number of hydrogen-bond acceptors (Lipinski definition) is 3. The van der Waals surface area contributed by atoms with Crippen molar-refractivity contribution in [2.45, 2.75) is 45.9 Å². The number of carbonyl (C=O) groups is 1. The minimum absolute atomic E-state index is 0.0966. The molecule has 3 atom stereocenters. The lowest BCUT2D eigenvalue weighted by Crippen LogP contribution is -2.52. The first-order valence-corrected chi connectivity index (χ1v) is 8.13. The molecule has 2 rings (SSSR count). The number of carbonyl (C=O) groups excluding carboxylic acids is 1. The Bertz CT molecular complexity index is 511. The van der Waals surface area contributed by atoms with Gasteiger partial charge < -0.3 is 15.0 Å². The van der Waals surface area contributed by atoms with Gasteiger partial charge in [0.15, 0.2) is 0 Å². The zero-order chi connectivity index (χ0) is 15.6. The maximum absolute atomic E-state index is 12.6. The fraction of sp³-hybridized carbons (Fsp3) is 0.562. The summed E-state index contributed by atoms with van der Waals surface area (Å²) < 4.78 is 6.72. The summed E-state index contributed by atoms with van der Waals surface area (Å²) in [6, 6.07) is 5.76. The van der Waals surface area contributed by atoms with Gasteiger partial charge in [-0.25, -0.2) is 0 Å². The number of halogens is 1. The van der Waals surface area contributed by atoms with Gasteiger partial charge in [0.2, 0.25) is 5.91 Å². The fourth-order valence-corrected chi connectivity index (χ4v) is 3.19. The molecule has 0 saturated carbocycles. The molecule has 1 aliphatic heterocycles. The van der Waals surface area contributed by atoms with Crippen molar-refractivity contribution in [2.75, 3.05) is 18.4 Å². The number of anilines is 1. The first-order valence-electron chi connectivity index (χ1n) is 7.33. The molecule has 1 N–H and O–H groups in total. The van der Waals surface area contributed by atoms with Gasteiger partial charge in [-0.2, -0.15) is 0 Å². The standard InChI is InChI=1S/C16H23BrN2O2/c1-10-7-14(17)5-6-15(10)18-13(4)16(20)19-8-11(2)21-12(3)9-19/h5-7,11-13,18H,8-9H2,1-4H3/t11-,12-,13+/m1/s1. The monoisotopic (exact) mass is 354 g/mol. The second kappa shape index (κ2) is 6.79. The van der Waals surface area contributed by atoms with Crippen molar-refractivity contribution in [1.29, 1.82) is 0 Å². The average Bonchev–Trinajstić information content (AvgIpc) is 2.40. The van der Waals surface area contributed by atoms with Crippen LogP contribution in [0.15, 0.2) is 22.7 Å². The summed E-state index contributed by atoms with van der Waals surface area (Å²) in [6.45, 7) is 9.28. The summed E-state index contributed by atoms with van der Waals surface area (Å²) in [5, 5.41) is 3.31. The van der Waals surface area contributed by atoms with E-state index in [4.69, 9.17) is 4.74 Å². The Morgan fingerprint density at radius 1 is 1.38 bits per heavy atom. The molecule has 1 aliphatic rings. The van der Waals surface area contributed by atoms with Gasteiger partial charge in [-0.3, -0.25) is 4.79 Å². The highest BCUT2D eigenvalue weighted by molar-refractivity contribution is 9.10. The first-order chi connectivity index (χ1) is 9.86. The van der Waals surface area contributed by atoms with Crippen molar-refractivity contribution < 1.29 is 9.53 Å². The normalized spacial score (nSPS) is 23.8. The van der Waals surface area contributed by atoms with Crippen LogP contribution in [0.1, 0.15) is 26.3 Å². The molecule has 0 radical (unpaired) electrons. The second-order valence-corrected chi connectivity index (χ2v) is 6.74. The molecule has 1 heterocycles. The first kappa shape index (κ1) is 16.3. The Balaban J connectivity index is 2.02. The number of nitrogens with one attached hydrogen (secondary N) is 1. The molecule has 5 heteroatoms. The highest BCUT2D eigenvalue weighted by Gasteiger charge is 2.28. The molecule has 0 unspecified atom stereocenters. The van der Waals surface area contributed by atoms with Gasteiger partial charge >= 0.3 is 0 Å². The van der Waals surface area contributed by atoms with Crippen LogP contribution in [-0.4, -0.2) is 42.1 Å². The number of rotatable bonds is 3. The van der Waals surface area contributed by atoms with Crippen LogP contribution in [0.25, 0.3) is 0 Å². The van der Waals surface area contributed by atoms with Gasteiger partial charge in [-0.1, -0.05) is 15.9 Å². The second-order valence-electron chi connectivity index (χ2n) is 5.83. The van der Waals surface area contributed by atoms with E-state index in [0.717, 1.165) is 15.7 Å². The lowest BCUT2D eigenvalue weighted by atomic mass is 10.1. The third kappa shape index (κ3) is 4.20. The number of benzene rings is 1. The molecule has 1 aromatic carbocycles. The summed E-state index contributed by atoms with van der Waals surface area (Å²) in [4.78, 5) is 14.5. The molecular weight excluding hydrogens is 332 g/mol. The summed E-state index contributed by atoms with van der Waals surface area (Å²) in [5.41, 5.74) is 2.11. The van der Waals surface area contributed by atoms with E-state index in [0.29, 0.717) is 13.1 Å². The fourth-order valence-electron chi connectivity index (χ4n) is 2.72. The summed E-state index contributed by atoms with van der Waals surface area (Å²) in [7, 11) is 0. The van der Waals surface area contributed by atoms with Crippen molar-refractivity contribution >= 4 is 27.5 Å². The van der Waals surface area contributed by atoms with Crippen molar-refractivity contribution in [3.8, 4) is 0 Å². The van der Waals surface area contributed by atoms with E-state index in [1.54, 1.807) is 0 Å². The van der Waals surface area contributed by atoms with Crippen LogP contribution in [0.2, 0.25) is 0 Å². The minimum Gasteiger partial charge on any atom is -0.374 e. The molecular formula is C16H23BrN2O2. The maximum atomic E-state index is 12.6. The number of aryl methyl sites for hydroxylation is 1. The van der Waals surface area contributed by atoms with E-state index in [-0.39, 0.29) is 24.2 Å². The maximum Gasteiger partial charge on any atom is 0.244 e. The van der Waals surface area contributed by atoms with Crippen LogP contribution in [0.4, 0.5) is 5.69 Å². The van der Waals surface area contributed by atoms with E-state index in [1.165, 1.54) is 0 Å². The zero-order valence-electron chi connectivity index (χ0n) is 13.0. The molecule has 0 spiro atoms. The summed E-state index contributed by atoms with van der Waals surface area (Å²) >= 11 is 3.45. The van der Waals surface area contributed by atoms with E-state index < -0.39 is 0 Å². The Morgan fingerprint density at radius 3 is 2.57 bits per heavy atom. The molecule has 1 amide bonds. The zero-order valence-corrected chi connectivity index (χ0v) is 14.6. The predicted octanol–water partition coefficient (Wildman–Crippen LogP) is 3.19. The number of morpholine rings is 1. The number of ether oxygens (including phenoxy) is 1. The SMILES string of the molecule is Cc1cc(Br)ccc1N[C@@H](C)C(=O)N1C[C@@H](C)O[C@H](C)C1. The molecule has 1 fully saturated rings. The van der Waals surface area contributed by atoms with Crippen molar-refractivity contribution in [3.05, 3.63) is 28.2 Å². The van der Waals surface area contributed by atoms with E-state index in [2.05, 4.69) is 21.2 Å². The lowest BCUT2D eigenvalue weighted by Gasteiger charge is -2.36. The van der Waals surface area contributed by atoms with Gasteiger partial charge in [0.1, 0.15) is 6.04 Å². The Kier molecular flexibility index (Phi) is 5.27. The van der Waals surface area contributed by atoms with Gasteiger partial charge in [0.25, 0.3) is 0 Å². The summed E-state index contributed by atoms with van der Waals surface area (Å²) in [5.74, 6) is 0.124. The van der Waals surface area contributed by atoms with E-state index in [1.807, 2.05) is 50.8 Å². The smallest absolute Gasteiger partial charge is 0.244 e. The van der Waals surface area contributed by atoms with Crippen LogP contribution in [0.3, 0.4) is 0 Å². The third-order valence-corrected chi connectivity index (χ3v) is 4.16. The quantitative estimate of drug-likeness (QED) is 0.906. The Hall–Kier alpha value is -1.07. The minimum atomic E-state index is -0.248. The molecule has 116 valence electrons. The molecule has 1 saturated heterocycles. The molecule has 4 nitrogen and oxygen atoms in total. The van der Waals surface area contributed by atoms with Crippen LogP contribution in [0.5, 0.6) is 0 Å². The predicted molar refractivity (Wildman–Crippen MR) is 88.6 cm³/mol. The molecule has 21 heavy (non-hydrogen) atoms. The van der Waals surface area contributed by atoms with Crippen molar-refractivity contribution in [2.24, 2.45) is 0 Å². The average molecular weight is 355 g/mol. The topological polar surface area (TPSA) is 41.6 Å². The van der Waals surface area contributed by atoms with Gasteiger partial charge in [0, 0.05) is 23.2 Å². The number of amides is 1. The highest BCUT2D eigenvalue weighted by atomic mass is 79.9. The summed E-state index contributed by atoms with van der Waals surface area (Å²) in [6.07, 6.45) is 0.193. The Labute approximate surface area is 135 Å². The van der Waals surface area contributed by atoms with Crippen LogP contribution >= 0.6 is 15.9 Å². The largest absolute Gasteiger partial charge is 0.374 e.